The number of nitrogens with one attached hydrogen (secondary N) is 1. The highest BCUT2D eigenvalue weighted by Gasteiger charge is 2.33. The molecule has 1 aromatic carbocycles. The molecule has 0 unspecified atom stereocenters. The number of halogens is 4. The summed E-state index contributed by atoms with van der Waals surface area (Å²) in [4.78, 5) is 22.3. The highest BCUT2D eigenvalue weighted by atomic mass is 79.9. The molecule has 2 N–H and O–H groups in total. The predicted octanol–water partition coefficient (Wildman–Crippen LogP) is 2.65. The van der Waals surface area contributed by atoms with Crippen LogP contribution in [0.5, 0.6) is 0 Å². The van der Waals surface area contributed by atoms with Crippen molar-refractivity contribution >= 4 is 21.9 Å². The van der Waals surface area contributed by atoms with Crippen molar-refractivity contribution in [2.45, 2.75) is 6.18 Å². The Kier molecular flexibility index (Phi) is 3.46. The Bertz CT molecular complexity index is 733. The van der Waals surface area contributed by atoms with Crippen molar-refractivity contribution in [3.8, 4) is 5.69 Å². The van der Waals surface area contributed by atoms with E-state index in [0.29, 0.717) is 0 Å². The van der Waals surface area contributed by atoms with Crippen LogP contribution >= 0.6 is 15.9 Å². The molecule has 0 fully saturated rings. The van der Waals surface area contributed by atoms with E-state index < -0.39 is 29.0 Å². The average Bonchev–Trinajstić information content (AvgIpc) is 2.71. The molecule has 0 amide bonds. The van der Waals surface area contributed by atoms with Gasteiger partial charge in [-0.1, -0.05) is 15.9 Å². The zero-order chi connectivity index (χ0) is 15.1. The van der Waals surface area contributed by atoms with Crippen LogP contribution in [0.2, 0.25) is 0 Å². The first-order valence-electron chi connectivity index (χ1n) is 5.12. The largest absolute Gasteiger partial charge is 0.477 e. The molecule has 0 radical (unpaired) electrons. The number of carboxylic acid groups (broad SMARTS) is 1. The summed E-state index contributed by atoms with van der Waals surface area (Å²) in [6, 6.07) is 3.92. The molecule has 0 saturated carbocycles. The monoisotopic (exact) mass is 350 g/mol. The molecule has 1 heterocycles. The van der Waals surface area contributed by atoms with Gasteiger partial charge in [0.15, 0.2) is 0 Å². The SMILES string of the molecule is O=C(O)c1cc(=O)n(-c2ccc(Br)c(C(F)(F)F)c2)[nH]1. The summed E-state index contributed by atoms with van der Waals surface area (Å²) in [6.45, 7) is 0. The summed E-state index contributed by atoms with van der Waals surface area (Å²) in [5.41, 5.74) is -2.25. The molecule has 0 saturated heterocycles. The van der Waals surface area contributed by atoms with E-state index in [1.807, 2.05) is 0 Å². The molecule has 9 heteroatoms. The van der Waals surface area contributed by atoms with Gasteiger partial charge in [-0.15, -0.1) is 0 Å². The molecule has 20 heavy (non-hydrogen) atoms. The minimum atomic E-state index is -4.60. The number of carbonyl (C=O) groups is 1. The van der Waals surface area contributed by atoms with Gasteiger partial charge in [-0.3, -0.25) is 9.89 Å². The number of aromatic amines is 1. The number of aromatic nitrogens is 2. The first kappa shape index (κ1) is 14.4. The maximum atomic E-state index is 12.8. The zero-order valence-electron chi connectivity index (χ0n) is 9.53. The van der Waals surface area contributed by atoms with Crippen LogP contribution in [0.15, 0.2) is 33.5 Å². The maximum Gasteiger partial charge on any atom is 0.417 e. The lowest BCUT2D eigenvalue weighted by atomic mass is 10.2. The molecule has 2 aromatic rings. The van der Waals surface area contributed by atoms with E-state index in [1.54, 1.807) is 0 Å². The highest BCUT2D eigenvalue weighted by molar-refractivity contribution is 9.10. The van der Waals surface area contributed by atoms with Gasteiger partial charge in [-0.25, -0.2) is 9.48 Å². The van der Waals surface area contributed by atoms with Crippen LogP contribution < -0.4 is 5.56 Å². The number of hydrogen-bond donors (Lipinski definition) is 2. The molecule has 0 aliphatic carbocycles. The fraction of sp³-hybridized carbons (Fsp3) is 0.0909. The lowest BCUT2D eigenvalue weighted by molar-refractivity contribution is -0.138. The number of nitrogens with zero attached hydrogens (tertiary/aromatic N) is 1. The van der Waals surface area contributed by atoms with Gasteiger partial charge in [0.25, 0.3) is 5.56 Å². The molecule has 1 aromatic heterocycles. The summed E-state index contributed by atoms with van der Waals surface area (Å²) in [7, 11) is 0. The molecule has 0 aliphatic rings. The number of rotatable bonds is 2. The molecule has 0 atom stereocenters. The van der Waals surface area contributed by atoms with E-state index in [2.05, 4.69) is 21.0 Å². The van der Waals surface area contributed by atoms with Gasteiger partial charge >= 0.3 is 12.1 Å². The van der Waals surface area contributed by atoms with Gasteiger partial charge in [-0.05, 0) is 18.2 Å². The Hall–Kier alpha value is -2.03. The lowest BCUT2D eigenvalue weighted by Gasteiger charge is -2.11. The Morgan fingerprint density at radius 1 is 1.30 bits per heavy atom. The van der Waals surface area contributed by atoms with Crippen molar-refractivity contribution in [2.75, 3.05) is 0 Å². The summed E-state index contributed by atoms with van der Waals surface area (Å²) >= 11 is 2.77. The van der Waals surface area contributed by atoms with Gasteiger partial charge in [0.2, 0.25) is 0 Å². The van der Waals surface area contributed by atoms with Crippen LogP contribution in [-0.4, -0.2) is 20.9 Å². The third-order valence-corrected chi connectivity index (χ3v) is 3.16. The van der Waals surface area contributed by atoms with Gasteiger partial charge in [0, 0.05) is 10.5 Å². The molecule has 2 rings (SSSR count). The van der Waals surface area contributed by atoms with Crippen LogP contribution in [0.1, 0.15) is 16.1 Å². The first-order valence-corrected chi connectivity index (χ1v) is 5.92. The zero-order valence-corrected chi connectivity index (χ0v) is 11.1. The Labute approximate surface area is 117 Å². The number of carboxylic acids is 1. The van der Waals surface area contributed by atoms with Crippen molar-refractivity contribution in [3.05, 3.63) is 50.3 Å². The van der Waals surface area contributed by atoms with E-state index in [-0.39, 0.29) is 10.2 Å². The van der Waals surface area contributed by atoms with E-state index in [0.717, 1.165) is 22.9 Å². The second-order valence-corrected chi connectivity index (χ2v) is 4.66. The fourth-order valence-electron chi connectivity index (χ4n) is 1.57. The van der Waals surface area contributed by atoms with Crippen molar-refractivity contribution in [1.82, 2.24) is 9.78 Å². The second-order valence-electron chi connectivity index (χ2n) is 3.81. The molecule has 0 spiro atoms. The number of benzene rings is 1. The quantitative estimate of drug-likeness (QED) is 0.874. The Balaban J connectivity index is 2.60. The molecule has 0 aliphatic heterocycles. The van der Waals surface area contributed by atoms with E-state index in [4.69, 9.17) is 5.11 Å². The van der Waals surface area contributed by atoms with E-state index in [9.17, 15) is 22.8 Å². The highest BCUT2D eigenvalue weighted by Crippen LogP contribution is 2.35. The van der Waals surface area contributed by atoms with Gasteiger partial charge < -0.3 is 5.11 Å². The normalized spacial score (nSPS) is 11.6. The first-order chi connectivity index (χ1) is 9.20. The number of hydrogen-bond acceptors (Lipinski definition) is 2. The van der Waals surface area contributed by atoms with Crippen molar-refractivity contribution < 1.29 is 23.1 Å². The summed E-state index contributed by atoms with van der Waals surface area (Å²) in [6.07, 6.45) is -4.60. The molecular formula is C11H6BrF3N2O3. The molecule has 5 nitrogen and oxygen atoms in total. The molecular weight excluding hydrogens is 345 g/mol. The lowest BCUT2D eigenvalue weighted by Crippen LogP contribution is -2.15. The van der Waals surface area contributed by atoms with Crippen LogP contribution in [0.25, 0.3) is 5.69 Å². The summed E-state index contributed by atoms with van der Waals surface area (Å²) in [5.74, 6) is -1.38. The Morgan fingerprint density at radius 3 is 2.45 bits per heavy atom. The predicted molar refractivity (Wildman–Crippen MR) is 66.1 cm³/mol. The number of H-pyrrole nitrogens is 1. The van der Waals surface area contributed by atoms with Crippen molar-refractivity contribution in [2.24, 2.45) is 0 Å². The third-order valence-electron chi connectivity index (χ3n) is 2.46. The Morgan fingerprint density at radius 2 is 1.95 bits per heavy atom. The summed E-state index contributed by atoms with van der Waals surface area (Å²) < 4.78 is 38.8. The number of alkyl halides is 3. The van der Waals surface area contributed by atoms with Crippen LogP contribution in [0.3, 0.4) is 0 Å². The van der Waals surface area contributed by atoms with Crippen LogP contribution in [0.4, 0.5) is 13.2 Å². The van der Waals surface area contributed by atoms with E-state index in [1.165, 1.54) is 6.07 Å². The van der Waals surface area contributed by atoms with Crippen LogP contribution in [0, 0.1) is 0 Å². The fourth-order valence-corrected chi connectivity index (χ4v) is 2.04. The topological polar surface area (TPSA) is 75.1 Å². The third kappa shape index (κ3) is 2.62. The minimum Gasteiger partial charge on any atom is -0.477 e. The smallest absolute Gasteiger partial charge is 0.417 e. The van der Waals surface area contributed by atoms with Crippen LogP contribution in [-0.2, 0) is 6.18 Å². The molecule has 0 bridgehead atoms. The maximum absolute atomic E-state index is 12.8. The minimum absolute atomic E-state index is 0.113. The second kappa shape index (κ2) is 4.82. The average molecular weight is 351 g/mol. The van der Waals surface area contributed by atoms with Crippen molar-refractivity contribution in [3.63, 3.8) is 0 Å². The van der Waals surface area contributed by atoms with Gasteiger partial charge in [0.05, 0.1) is 11.3 Å². The van der Waals surface area contributed by atoms with E-state index >= 15 is 0 Å². The van der Waals surface area contributed by atoms with Gasteiger partial charge in [-0.2, -0.15) is 13.2 Å². The molecule has 106 valence electrons. The standard InChI is InChI=1S/C11H6BrF3N2O3/c12-7-2-1-5(3-6(7)11(13,14)15)17-9(18)4-8(16-17)10(19)20/h1-4,16H,(H,19,20). The van der Waals surface area contributed by atoms with Gasteiger partial charge in [0.1, 0.15) is 5.69 Å². The summed E-state index contributed by atoms with van der Waals surface area (Å²) in [5, 5.41) is 10.9. The van der Waals surface area contributed by atoms with Crippen molar-refractivity contribution in [1.29, 1.82) is 0 Å². The number of aromatic carboxylic acids is 1.